The summed E-state index contributed by atoms with van der Waals surface area (Å²) in [5.41, 5.74) is -4.32. The third-order valence-corrected chi connectivity index (χ3v) is 3.41. The van der Waals surface area contributed by atoms with Gasteiger partial charge in [-0.3, -0.25) is 0 Å². The Morgan fingerprint density at radius 2 is 0.818 bits per heavy atom. The van der Waals surface area contributed by atoms with E-state index in [2.05, 4.69) is 0 Å². The first-order valence-corrected chi connectivity index (χ1v) is 5.95. The summed E-state index contributed by atoms with van der Waals surface area (Å²) in [7, 11) is 0. The van der Waals surface area contributed by atoms with Crippen LogP contribution in [0.2, 0.25) is 0 Å². The molecule has 0 aromatic carbocycles. The molecule has 0 rings (SSSR count). The van der Waals surface area contributed by atoms with Crippen LogP contribution in [0.1, 0.15) is 33.6 Å². The molecule has 0 aromatic heterocycles. The Morgan fingerprint density at radius 1 is 0.500 bits per heavy atom. The van der Waals surface area contributed by atoms with E-state index in [0.717, 1.165) is 0 Å². The first kappa shape index (κ1) is 21.2. The van der Waals surface area contributed by atoms with Crippen molar-refractivity contribution in [1.82, 2.24) is 0 Å². The summed E-state index contributed by atoms with van der Waals surface area (Å²) in [6, 6.07) is 0. The molecule has 134 valence electrons. The van der Waals surface area contributed by atoms with E-state index in [1.54, 1.807) is 0 Å². The molecule has 0 aliphatic heterocycles. The average molecular weight is 354 g/mol. The number of hydrogen-bond donors (Lipinski definition) is 0. The summed E-state index contributed by atoms with van der Waals surface area (Å²) < 4.78 is 145. The molecule has 0 nitrogen and oxygen atoms in total. The molecule has 0 fully saturated rings. The molecule has 0 heterocycles. The maximum absolute atomic E-state index is 13.4. The molecule has 0 amide bonds. The smallest absolute Gasteiger partial charge is 0.237 e. The van der Waals surface area contributed by atoms with E-state index >= 15 is 0 Å². The lowest BCUT2D eigenvalue weighted by Crippen LogP contribution is -2.70. The third kappa shape index (κ3) is 2.53. The maximum Gasteiger partial charge on any atom is 0.384 e. The van der Waals surface area contributed by atoms with E-state index in [1.807, 2.05) is 0 Å². The van der Waals surface area contributed by atoms with Crippen LogP contribution >= 0.6 is 0 Å². The van der Waals surface area contributed by atoms with Gasteiger partial charge < -0.3 is 0 Å². The summed E-state index contributed by atoms with van der Waals surface area (Å²) in [6.07, 6.45) is -3.46. The minimum atomic E-state index is -7.19. The fraction of sp³-hybridized carbons (Fsp3) is 1.00. The van der Waals surface area contributed by atoms with E-state index in [4.69, 9.17) is 0 Å². The molecule has 0 aliphatic rings. The van der Waals surface area contributed by atoms with E-state index in [-0.39, 0.29) is 13.8 Å². The Morgan fingerprint density at radius 3 is 1.09 bits per heavy atom. The van der Waals surface area contributed by atoms with Crippen LogP contribution in [0.3, 0.4) is 0 Å². The lowest BCUT2D eigenvalue weighted by molar-refractivity contribution is -0.414. The number of hydrogen-bond acceptors (Lipinski definition) is 0. The number of halogens is 11. The molecule has 0 bridgehead atoms. The second-order valence-corrected chi connectivity index (χ2v) is 4.91. The van der Waals surface area contributed by atoms with E-state index in [1.165, 1.54) is 0 Å². The second-order valence-electron chi connectivity index (χ2n) is 4.91. The number of rotatable bonds is 7. The van der Waals surface area contributed by atoms with E-state index < -0.39 is 48.1 Å². The molecular weight excluding hydrogens is 341 g/mol. The molecule has 1 unspecified atom stereocenters. The SMILES string of the molecule is CCC(C)(F)C(F)(F)C(F)(F)C(F)(F)C(F)(F)C(F)(F)CC. The zero-order chi connectivity index (χ0) is 18.4. The van der Waals surface area contributed by atoms with Crippen LogP contribution in [-0.4, -0.2) is 35.3 Å². The molecule has 0 saturated heterocycles. The highest BCUT2D eigenvalue weighted by molar-refractivity contribution is 5.12. The lowest BCUT2D eigenvalue weighted by Gasteiger charge is -2.42. The van der Waals surface area contributed by atoms with Crippen LogP contribution in [0, 0.1) is 0 Å². The van der Waals surface area contributed by atoms with Crippen molar-refractivity contribution in [3.05, 3.63) is 0 Å². The van der Waals surface area contributed by atoms with Gasteiger partial charge in [0.05, 0.1) is 0 Å². The zero-order valence-electron chi connectivity index (χ0n) is 11.6. The van der Waals surface area contributed by atoms with Gasteiger partial charge in [-0.1, -0.05) is 13.8 Å². The second kappa shape index (κ2) is 5.40. The van der Waals surface area contributed by atoms with E-state index in [9.17, 15) is 48.3 Å². The van der Waals surface area contributed by atoms with Crippen molar-refractivity contribution in [3.63, 3.8) is 0 Å². The summed E-state index contributed by atoms with van der Waals surface area (Å²) in [4.78, 5) is 0. The van der Waals surface area contributed by atoms with Gasteiger partial charge in [0.25, 0.3) is 0 Å². The Kier molecular flexibility index (Phi) is 5.21. The fourth-order valence-corrected chi connectivity index (χ4v) is 1.40. The molecule has 1 atom stereocenters. The van der Waals surface area contributed by atoms with Gasteiger partial charge in [0.2, 0.25) is 0 Å². The lowest BCUT2D eigenvalue weighted by atomic mass is 9.85. The quantitative estimate of drug-likeness (QED) is 0.514. The molecule has 22 heavy (non-hydrogen) atoms. The Balaban J connectivity index is 6.19. The highest BCUT2D eigenvalue weighted by atomic mass is 19.4. The van der Waals surface area contributed by atoms with Gasteiger partial charge >= 0.3 is 29.6 Å². The van der Waals surface area contributed by atoms with Crippen LogP contribution in [-0.2, 0) is 0 Å². The van der Waals surface area contributed by atoms with Crippen LogP contribution in [0.25, 0.3) is 0 Å². The predicted molar refractivity (Wildman–Crippen MR) is 54.8 cm³/mol. The van der Waals surface area contributed by atoms with Crippen molar-refractivity contribution in [2.45, 2.75) is 68.9 Å². The van der Waals surface area contributed by atoms with Gasteiger partial charge in [0.1, 0.15) is 0 Å². The normalized spacial score (nSPS) is 18.3. The molecule has 0 saturated carbocycles. The molecule has 0 radical (unpaired) electrons. The fourth-order valence-electron chi connectivity index (χ4n) is 1.40. The molecular formula is C11H13F11. The summed E-state index contributed by atoms with van der Waals surface area (Å²) in [6.45, 7) is 0.625. The van der Waals surface area contributed by atoms with E-state index in [0.29, 0.717) is 6.92 Å². The molecule has 0 aliphatic carbocycles. The summed E-state index contributed by atoms with van der Waals surface area (Å²) >= 11 is 0. The number of alkyl halides is 11. The Labute approximate surface area is 118 Å². The minimum Gasteiger partial charge on any atom is -0.237 e. The van der Waals surface area contributed by atoms with Crippen LogP contribution in [0.15, 0.2) is 0 Å². The highest BCUT2D eigenvalue weighted by Crippen LogP contribution is 2.60. The van der Waals surface area contributed by atoms with Gasteiger partial charge in [-0.25, -0.2) is 4.39 Å². The Bertz CT molecular complexity index is 359. The molecule has 11 heteroatoms. The molecule has 0 aromatic rings. The van der Waals surface area contributed by atoms with Crippen molar-refractivity contribution < 1.29 is 48.3 Å². The first-order valence-electron chi connectivity index (χ1n) is 5.95. The van der Waals surface area contributed by atoms with Crippen molar-refractivity contribution in [1.29, 1.82) is 0 Å². The van der Waals surface area contributed by atoms with Crippen molar-refractivity contribution >= 4 is 0 Å². The summed E-state index contributed by atoms with van der Waals surface area (Å²) in [5.74, 6) is -33.1. The third-order valence-electron chi connectivity index (χ3n) is 3.41. The first-order chi connectivity index (χ1) is 9.37. The topological polar surface area (TPSA) is 0 Å². The summed E-state index contributed by atoms with van der Waals surface area (Å²) in [5, 5.41) is 0. The van der Waals surface area contributed by atoms with Gasteiger partial charge in [0, 0.05) is 6.42 Å². The average Bonchev–Trinajstić information content (AvgIpc) is 2.37. The largest absolute Gasteiger partial charge is 0.384 e. The molecule has 0 spiro atoms. The van der Waals surface area contributed by atoms with Gasteiger partial charge in [0.15, 0.2) is 5.67 Å². The standard InChI is InChI=1S/C11H13F11/c1-4-6(3,12)8(15,16)10(19,20)11(21,22)9(17,18)7(13,14)5-2/h4-5H2,1-3H3. The highest BCUT2D eigenvalue weighted by Gasteiger charge is 2.88. The van der Waals surface area contributed by atoms with Crippen LogP contribution in [0.5, 0.6) is 0 Å². The maximum atomic E-state index is 13.4. The Hall–Kier alpha value is -0.770. The van der Waals surface area contributed by atoms with Crippen molar-refractivity contribution in [2.24, 2.45) is 0 Å². The van der Waals surface area contributed by atoms with Crippen molar-refractivity contribution in [2.75, 3.05) is 0 Å². The monoisotopic (exact) mass is 354 g/mol. The van der Waals surface area contributed by atoms with Gasteiger partial charge in [-0.2, -0.15) is 43.9 Å². The predicted octanol–water partition coefficient (Wildman–Crippen LogP) is 5.71. The van der Waals surface area contributed by atoms with Gasteiger partial charge in [-0.15, -0.1) is 0 Å². The van der Waals surface area contributed by atoms with Crippen molar-refractivity contribution in [3.8, 4) is 0 Å². The molecule has 0 N–H and O–H groups in total. The van der Waals surface area contributed by atoms with Crippen LogP contribution < -0.4 is 0 Å². The van der Waals surface area contributed by atoms with Gasteiger partial charge in [-0.05, 0) is 13.3 Å². The zero-order valence-corrected chi connectivity index (χ0v) is 11.6. The van der Waals surface area contributed by atoms with Crippen LogP contribution in [0.4, 0.5) is 48.3 Å². The minimum absolute atomic E-state index is 0.215.